The van der Waals surface area contributed by atoms with Gasteiger partial charge < -0.3 is 25.0 Å². The largest absolute Gasteiger partial charge is 0.494 e. The van der Waals surface area contributed by atoms with Gasteiger partial charge in [-0.1, -0.05) is 14.8 Å². The molecule has 3 aliphatic heterocycles. The van der Waals surface area contributed by atoms with E-state index >= 15 is 0 Å². The van der Waals surface area contributed by atoms with Crippen molar-refractivity contribution in [2.24, 2.45) is 0 Å². The molecule has 3 fully saturated rings. The number of halogens is 1. The Kier molecular flexibility index (Phi) is 9.28. The van der Waals surface area contributed by atoms with E-state index in [1.165, 1.54) is 36.9 Å². The maximum absolute atomic E-state index is 5.93. The molecule has 2 bridgehead atoms. The first-order valence-corrected chi connectivity index (χ1v) is 19.2. The summed E-state index contributed by atoms with van der Waals surface area (Å²) in [5.74, 6) is 1.93. The molecule has 0 radical (unpaired) electrons. The summed E-state index contributed by atoms with van der Waals surface area (Å²) in [4.78, 5) is 23.9. The van der Waals surface area contributed by atoms with Gasteiger partial charge in [0.25, 0.3) is 0 Å². The predicted molar refractivity (Wildman–Crippen MR) is 191 cm³/mol. The molecule has 0 saturated carbocycles. The van der Waals surface area contributed by atoms with Crippen molar-refractivity contribution in [2.45, 2.75) is 57.2 Å². The van der Waals surface area contributed by atoms with Crippen LogP contribution in [0.4, 0.5) is 28.8 Å². The highest BCUT2D eigenvalue weighted by molar-refractivity contribution is 9.10. The third kappa shape index (κ3) is 6.15. The van der Waals surface area contributed by atoms with Crippen LogP contribution in [0.3, 0.4) is 0 Å². The van der Waals surface area contributed by atoms with Crippen LogP contribution in [0.2, 0.25) is 0 Å². The number of morpholine rings is 1. The molecule has 0 aliphatic carbocycles. The monoisotopic (exact) mass is 704 g/mol. The van der Waals surface area contributed by atoms with Crippen LogP contribution in [0, 0.1) is 0 Å². The zero-order valence-electron chi connectivity index (χ0n) is 27.0. The Morgan fingerprint density at radius 1 is 0.957 bits per heavy atom. The summed E-state index contributed by atoms with van der Waals surface area (Å²) in [5.41, 5.74) is 6.17. The van der Waals surface area contributed by atoms with Crippen molar-refractivity contribution in [1.82, 2.24) is 24.8 Å². The Bertz CT molecular complexity index is 1700. The van der Waals surface area contributed by atoms with Gasteiger partial charge in [-0.25, -0.2) is 4.98 Å². The minimum atomic E-state index is -0.465. The van der Waals surface area contributed by atoms with Gasteiger partial charge in [0.2, 0.25) is 5.95 Å². The third-order valence-corrected chi connectivity index (χ3v) is 11.5. The van der Waals surface area contributed by atoms with Gasteiger partial charge in [0.15, 0.2) is 0 Å². The van der Waals surface area contributed by atoms with Gasteiger partial charge in [-0.05, 0) is 85.1 Å². The molecule has 2 atom stereocenters. The molecule has 46 heavy (non-hydrogen) atoms. The zero-order chi connectivity index (χ0) is 31.8. The van der Waals surface area contributed by atoms with Crippen molar-refractivity contribution in [1.29, 1.82) is 0 Å². The lowest BCUT2D eigenvalue weighted by atomic mass is 9.98. The normalized spacial score (nSPS) is 20.4. The first-order valence-electron chi connectivity index (χ1n) is 16.2. The smallest absolute Gasteiger partial charge is 0.229 e. The van der Waals surface area contributed by atoms with Crippen LogP contribution in [-0.4, -0.2) is 89.7 Å². The number of anilines is 5. The molecule has 2 N–H and O–H groups in total. The number of aromatic nitrogens is 4. The average molecular weight is 706 g/mol. The van der Waals surface area contributed by atoms with Crippen molar-refractivity contribution in [3.05, 3.63) is 52.9 Å². The molecule has 2 aromatic carbocycles. The molecular weight excluding hydrogens is 663 g/mol. The van der Waals surface area contributed by atoms with Gasteiger partial charge in [-0.3, -0.25) is 14.9 Å². The first-order chi connectivity index (χ1) is 22.4. The molecule has 242 valence electrons. The molecule has 7 rings (SSSR count). The predicted octanol–water partition coefficient (Wildman–Crippen LogP) is 6.44. The zero-order valence-corrected chi connectivity index (χ0v) is 29.4. The van der Waals surface area contributed by atoms with Gasteiger partial charge in [0, 0.05) is 72.6 Å². The summed E-state index contributed by atoms with van der Waals surface area (Å²) in [6, 6.07) is 10.3. The Balaban J connectivity index is 1.10. The second-order valence-corrected chi connectivity index (χ2v) is 15.6. The fourth-order valence-corrected chi connectivity index (χ4v) is 8.96. The molecule has 3 saturated heterocycles. The van der Waals surface area contributed by atoms with Gasteiger partial charge in [0.05, 0.1) is 41.5 Å². The lowest BCUT2D eigenvalue weighted by molar-refractivity contribution is -0.0407. The van der Waals surface area contributed by atoms with Crippen molar-refractivity contribution in [3.8, 4) is 5.75 Å². The number of aryl methyl sites for hydroxylation is 1. The van der Waals surface area contributed by atoms with Gasteiger partial charge in [-0.15, -0.1) is 0 Å². The van der Waals surface area contributed by atoms with Crippen LogP contribution in [0.5, 0.6) is 5.75 Å². The summed E-state index contributed by atoms with van der Waals surface area (Å²) < 4.78 is 12.6. The van der Waals surface area contributed by atoms with Crippen LogP contribution < -0.4 is 25.6 Å². The number of benzene rings is 2. The molecule has 4 aromatic rings. The van der Waals surface area contributed by atoms with E-state index in [-0.39, 0.29) is 0 Å². The molecule has 0 amide bonds. The lowest BCUT2D eigenvalue weighted by Crippen LogP contribution is -2.54. The quantitative estimate of drug-likeness (QED) is 0.189. The molecule has 3 aliphatic rings. The average Bonchev–Trinajstić information content (AvgIpc) is 3.33. The van der Waals surface area contributed by atoms with Gasteiger partial charge in [-0.2, -0.15) is 4.98 Å². The number of nitrogens with one attached hydrogen (secondary N) is 2. The third-order valence-electron chi connectivity index (χ3n) is 9.61. The standard InChI is InChI=1S/C34H42BrN8O2P/c1-5-21-16-28(30(44-2)17-29(21)42-14-10-22(11-15-42)43-23-6-7-24(43)20-45-19-23)40-34-38-18-25(35)33(41-34)39-27-9-8-26-31(32(27)46(3)4)37-13-12-36-26/h8-9,12-13,16-18,22-24H,5-7,10-11,14-15,19-20H2,1-4H3,(H2,38,39,40,41)/t23-,24+. The van der Waals surface area contributed by atoms with E-state index in [0.29, 0.717) is 29.9 Å². The SMILES string of the molecule is CCc1cc(Nc2ncc(Br)c(Nc3ccc4nccnc4c3P(C)C)n2)c(OC)cc1N1CCC(N2[C@@H]3CC[C@H]2COC3)CC1. The van der Waals surface area contributed by atoms with Crippen LogP contribution in [-0.2, 0) is 11.2 Å². The Morgan fingerprint density at radius 3 is 2.43 bits per heavy atom. The maximum atomic E-state index is 5.93. The number of fused-ring (bicyclic) bond motifs is 3. The van der Waals surface area contributed by atoms with E-state index in [1.54, 1.807) is 25.7 Å². The minimum absolute atomic E-state index is 0.465. The van der Waals surface area contributed by atoms with E-state index in [9.17, 15) is 0 Å². The molecule has 12 heteroatoms. The maximum Gasteiger partial charge on any atom is 0.229 e. The highest BCUT2D eigenvalue weighted by atomic mass is 79.9. The van der Waals surface area contributed by atoms with Crippen molar-refractivity contribution in [3.63, 3.8) is 0 Å². The number of hydrogen-bond acceptors (Lipinski definition) is 10. The van der Waals surface area contributed by atoms with Crippen molar-refractivity contribution in [2.75, 3.05) is 62.3 Å². The molecule has 0 spiro atoms. The molecule has 0 unspecified atom stereocenters. The number of methoxy groups -OCH3 is 1. The number of nitrogens with zero attached hydrogens (tertiary/aromatic N) is 6. The Morgan fingerprint density at radius 2 is 1.72 bits per heavy atom. The van der Waals surface area contributed by atoms with E-state index < -0.39 is 7.92 Å². The second-order valence-electron chi connectivity index (χ2n) is 12.5. The fourth-order valence-electron chi connectivity index (χ4n) is 7.46. The van der Waals surface area contributed by atoms with Gasteiger partial charge in [0.1, 0.15) is 11.6 Å². The van der Waals surface area contributed by atoms with E-state index in [1.807, 2.05) is 6.07 Å². The van der Waals surface area contributed by atoms with Gasteiger partial charge >= 0.3 is 0 Å². The summed E-state index contributed by atoms with van der Waals surface area (Å²) in [6.45, 7) is 10.6. The second kappa shape index (κ2) is 13.6. The van der Waals surface area contributed by atoms with Crippen LogP contribution in [0.1, 0.15) is 38.2 Å². The molecule has 5 heterocycles. The van der Waals surface area contributed by atoms with Crippen molar-refractivity contribution < 1.29 is 9.47 Å². The fraction of sp³-hybridized carbons (Fsp3) is 0.471. The lowest BCUT2D eigenvalue weighted by Gasteiger charge is -2.45. The molecular formula is C34H42BrN8O2P. The highest BCUT2D eigenvalue weighted by Crippen LogP contribution is 2.39. The number of ether oxygens (including phenoxy) is 2. The van der Waals surface area contributed by atoms with Crippen LogP contribution in [0.15, 0.2) is 47.3 Å². The number of hydrogen-bond donors (Lipinski definition) is 2. The molecule has 10 nitrogen and oxygen atoms in total. The Hall–Kier alpha value is -3.11. The first kappa shape index (κ1) is 31.5. The minimum Gasteiger partial charge on any atom is -0.494 e. The van der Waals surface area contributed by atoms with E-state index in [4.69, 9.17) is 14.5 Å². The summed E-state index contributed by atoms with van der Waals surface area (Å²) >= 11 is 3.65. The Labute approximate surface area is 280 Å². The van der Waals surface area contributed by atoms with Crippen LogP contribution in [0.25, 0.3) is 11.0 Å². The summed E-state index contributed by atoms with van der Waals surface area (Å²) in [5, 5.41) is 8.15. The topological polar surface area (TPSA) is 101 Å². The van der Waals surface area contributed by atoms with E-state index in [2.05, 4.69) is 89.8 Å². The number of piperidine rings is 1. The number of rotatable bonds is 9. The molecule has 2 aromatic heterocycles. The van der Waals surface area contributed by atoms with Crippen LogP contribution >= 0.6 is 23.9 Å². The highest BCUT2D eigenvalue weighted by Gasteiger charge is 2.42. The summed E-state index contributed by atoms with van der Waals surface area (Å²) in [6.07, 6.45) is 11.1. The van der Waals surface area contributed by atoms with Crippen molar-refractivity contribution >= 4 is 69.0 Å². The summed E-state index contributed by atoms with van der Waals surface area (Å²) in [7, 11) is 1.26. The van der Waals surface area contributed by atoms with E-state index in [0.717, 1.165) is 70.7 Å².